The predicted molar refractivity (Wildman–Crippen MR) is 95.4 cm³/mol. The predicted octanol–water partition coefficient (Wildman–Crippen LogP) is 2.22. The summed E-state index contributed by atoms with van der Waals surface area (Å²) >= 11 is 0. The van der Waals surface area contributed by atoms with Crippen LogP contribution in [0.2, 0.25) is 0 Å². The largest absolute Gasteiger partial charge is 0.451 e. The lowest BCUT2D eigenvalue weighted by atomic mass is 10.1. The summed E-state index contributed by atoms with van der Waals surface area (Å²) in [6.07, 6.45) is 1.05. The molecule has 134 valence electrons. The zero-order valence-corrected chi connectivity index (χ0v) is 14.9. The Bertz CT molecular complexity index is 1120. The minimum absolute atomic E-state index is 0.0182. The van der Waals surface area contributed by atoms with E-state index in [0.29, 0.717) is 11.1 Å². The van der Waals surface area contributed by atoms with Gasteiger partial charge in [0, 0.05) is 22.8 Å². The molecule has 2 N–H and O–H groups in total. The number of aryl methyl sites for hydroxylation is 1. The molecule has 0 saturated heterocycles. The maximum Gasteiger partial charge on any atom is 0.305 e. The first-order valence-corrected chi connectivity index (χ1v) is 9.55. The summed E-state index contributed by atoms with van der Waals surface area (Å²) in [5.41, 5.74) is 5.87. The number of amides is 2. The van der Waals surface area contributed by atoms with Crippen molar-refractivity contribution in [1.29, 1.82) is 0 Å². The van der Waals surface area contributed by atoms with Crippen LogP contribution in [0.5, 0.6) is 0 Å². The fourth-order valence-electron chi connectivity index (χ4n) is 2.50. The van der Waals surface area contributed by atoms with Gasteiger partial charge in [0.15, 0.2) is 15.6 Å². The number of hydrogen-bond donors (Lipinski definition) is 2. The summed E-state index contributed by atoms with van der Waals surface area (Å²) in [6.45, 7) is 1.75. The van der Waals surface area contributed by atoms with E-state index in [2.05, 4.69) is 10.9 Å². The van der Waals surface area contributed by atoms with Gasteiger partial charge in [-0.05, 0) is 31.2 Å². The van der Waals surface area contributed by atoms with Crippen molar-refractivity contribution in [3.63, 3.8) is 0 Å². The third-order valence-electron chi connectivity index (χ3n) is 3.86. The van der Waals surface area contributed by atoms with Crippen LogP contribution in [-0.2, 0) is 9.84 Å². The summed E-state index contributed by atoms with van der Waals surface area (Å²) in [7, 11) is -3.44. The van der Waals surface area contributed by atoms with Crippen LogP contribution >= 0.6 is 0 Å². The van der Waals surface area contributed by atoms with Crippen LogP contribution in [0.1, 0.15) is 26.5 Å². The summed E-state index contributed by atoms with van der Waals surface area (Å²) in [5.74, 6) is -1.15. The monoisotopic (exact) mass is 372 g/mol. The first kappa shape index (κ1) is 17.7. The van der Waals surface area contributed by atoms with Crippen LogP contribution in [0.15, 0.2) is 57.8 Å². The number of carbonyl (C=O) groups excluding carboxylic acids is 2. The molecule has 0 fully saturated rings. The van der Waals surface area contributed by atoms with Crippen molar-refractivity contribution in [3.8, 4) is 0 Å². The number of hydrazine groups is 1. The Kier molecular flexibility index (Phi) is 4.52. The Morgan fingerprint density at radius 1 is 0.962 bits per heavy atom. The van der Waals surface area contributed by atoms with Crippen LogP contribution < -0.4 is 10.9 Å². The van der Waals surface area contributed by atoms with E-state index in [4.69, 9.17) is 4.42 Å². The van der Waals surface area contributed by atoms with Gasteiger partial charge in [0.25, 0.3) is 5.91 Å². The zero-order chi connectivity index (χ0) is 18.9. The maximum atomic E-state index is 12.3. The van der Waals surface area contributed by atoms with Gasteiger partial charge < -0.3 is 4.42 Å². The van der Waals surface area contributed by atoms with E-state index in [0.717, 1.165) is 11.6 Å². The topological polar surface area (TPSA) is 105 Å². The minimum Gasteiger partial charge on any atom is -0.451 e. The Morgan fingerprint density at radius 2 is 1.65 bits per heavy atom. The molecule has 3 aromatic rings. The summed E-state index contributed by atoms with van der Waals surface area (Å²) in [5, 5.41) is 0.810. The zero-order valence-electron chi connectivity index (χ0n) is 14.1. The van der Waals surface area contributed by atoms with Crippen LogP contribution in [0, 0.1) is 6.92 Å². The second-order valence-corrected chi connectivity index (χ2v) is 7.78. The number of sulfone groups is 1. The molecule has 8 heteroatoms. The van der Waals surface area contributed by atoms with Gasteiger partial charge in [-0.25, -0.2) is 8.42 Å². The van der Waals surface area contributed by atoms with Gasteiger partial charge in [-0.15, -0.1) is 0 Å². The van der Waals surface area contributed by atoms with E-state index < -0.39 is 21.7 Å². The Morgan fingerprint density at radius 3 is 2.35 bits per heavy atom. The molecule has 0 saturated carbocycles. The molecule has 0 atom stereocenters. The lowest BCUT2D eigenvalue weighted by Gasteiger charge is -2.07. The second-order valence-electron chi connectivity index (χ2n) is 5.76. The first-order valence-electron chi connectivity index (χ1n) is 7.66. The van der Waals surface area contributed by atoms with E-state index in [9.17, 15) is 18.0 Å². The molecule has 2 aromatic carbocycles. The van der Waals surface area contributed by atoms with Gasteiger partial charge in [0.2, 0.25) is 0 Å². The van der Waals surface area contributed by atoms with Gasteiger partial charge in [-0.1, -0.05) is 24.3 Å². The van der Waals surface area contributed by atoms with E-state index in [-0.39, 0.29) is 16.2 Å². The van der Waals surface area contributed by atoms with Crippen LogP contribution in [-0.4, -0.2) is 26.5 Å². The summed E-state index contributed by atoms with van der Waals surface area (Å²) < 4.78 is 28.7. The highest BCUT2D eigenvalue weighted by molar-refractivity contribution is 7.90. The molecule has 0 unspecified atom stereocenters. The van der Waals surface area contributed by atoms with Crippen LogP contribution in [0.3, 0.4) is 0 Å². The third kappa shape index (κ3) is 3.45. The molecule has 0 spiro atoms. The molecule has 7 nitrogen and oxygen atoms in total. The maximum absolute atomic E-state index is 12.3. The van der Waals surface area contributed by atoms with Crippen molar-refractivity contribution in [2.45, 2.75) is 11.8 Å². The van der Waals surface area contributed by atoms with Crippen molar-refractivity contribution in [3.05, 3.63) is 65.4 Å². The molecule has 0 bridgehead atoms. The normalized spacial score (nSPS) is 11.3. The summed E-state index contributed by atoms with van der Waals surface area (Å²) in [4.78, 5) is 24.5. The van der Waals surface area contributed by atoms with Crippen LogP contribution in [0.4, 0.5) is 0 Å². The Labute approximate surface area is 149 Å². The standard InChI is InChI=1S/C18H16N2O5S/c1-11-14-8-3-4-9-15(14)25-16(11)18(22)20-19-17(21)12-6-5-7-13(10-12)26(2,23)24/h3-10H,1-2H3,(H,19,21)(H,20,22). The highest BCUT2D eigenvalue weighted by atomic mass is 32.2. The Balaban J connectivity index is 1.75. The quantitative estimate of drug-likeness (QED) is 0.686. The SMILES string of the molecule is Cc1c(C(=O)NNC(=O)c2cccc(S(C)(=O)=O)c2)oc2ccccc12. The van der Waals surface area contributed by atoms with E-state index in [1.807, 2.05) is 12.1 Å². The fraction of sp³-hybridized carbons (Fsp3) is 0.111. The number of nitrogens with one attached hydrogen (secondary N) is 2. The molecule has 0 aliphatic heterocycles. The van der Waals surface area contributed by atoms with Crippen molar-refractivity contribution >= 4 is 32.6 Å². The molecule has 2 amide bonds. The van der Waals surface area contributed by atoms with Crippen LogP contribution in [0.25, 0.3) is 11.0 Å². The number of para-hydroxylation sites is 1. The molecule has 1 aromatic heterocycles. The fourth-order valence-corrected chi connectivity index (χ4v) is 3.17. The average molecular weight is 372 g/mol. The van der Waals surface area contributed by atoms with E-state index >= 15 is 0 Å². The lowest BCUT2D eigenvalue weighted by molar-refractivity contribution is 0.0831. The number of carbonyl (C=O) groups is 2. The second kappa shape index (κ2) is 6.64. The molecule has 0 aliphatic carbocycles. The number of hydrogen-bond acceptors (Lipinski definition) is 5. The van der Waals surface area contributed by atoms with Crippen molar-refractivity contribution in [2.75, 3.05) is 6.26 Å². The number of fused-ring (bicyclic) bond motifs is 1. The van der Waals surface area contributed by atoms with Gasteiger partial charge in [0.05, 0.1) is 4.90 Å². The number of furan rings is 1. The highest BCUT2D eigenvalue weighted by Gasteiger charge is 2.18. The highest BCUT2D eigenvalue weighted by Crippen LogP contribution is 2.24. The number of benzene rings is 2. The molecule has 3 rings (SSSR count). The molecule has 1 heterocycles. The summed E-state index contributed by atoms with van der Waals surface area (Å²) in [6, 6.07) is 12.7. The van der Waals surface area contributed by atoms with Crippen molar-refractivity contribution in [2.24, 2.45) is 0 Å². The van der Waals surface area contributed by atoms with Crippen molar-refractivity contribution < 1.29 is 22.4 Å². The van der Waals surface area contributed by atoms with Gasteiger partial charge in [-0.3, -0.25) is 20.4 Å². The van der Waals surface area contributed by atoms with Crippen molar-refractivity contribution in [1.82, 2.24) is 10.9 Å². The minimum atomic E-state index is -3.44. The Hall–Kier alpha value is -3.13. The molecule has 26 heavy (non-hydrogen) atoms. The molecular weight excluding hydrogens is 356 g/mol. The first-order chi connectivity index (χ1) is 12.3. The molecule has 0 radical (unpaired) electrons. The van der Waals surface area contributed by atoms with Gasteiger partial charge in [-0.2, -0.15) is 0 Å². The smallest absolute Gasteiger partial charge is 0.305 e. The number of rotatable bonds is 3. The van der Waals surface area contributed by atoms with E-state index in [1.54, 1.807) is 19.1 Å². The molecule has 0 aliphatic rings. The average Bonchev–Trinajstić information content (AvgIpc) is 2.96. The lowest BCUT2D eigenvalue weighted by Crippen LogP contribution is -2.41. The molecular formula is C18H16N2O5S. The van der Waals surface area contributed by atoms with E-state index in [1.165, 1.54) is 24.3 Å². The van der Waals surface area contributed by atoms with Gasteiger partial charge >= 0.3 is 5.91 Å². The third-order valence-corrected chi connectivity index (χ3v) is 4.97. The van der Waals surface area contributed by atoms with Gasteiger partial charge in [0.1, 0.15) is 5.58 Å².